The minimum Gasteiger partial charge on any atom is -0.249 e. The van der Waals surface area contributed by atoms with E-state index in [2.05, 4.69) is 4.98 Å². The molecule has 0 saturated carbocycles. The first-order chi connectivity index (χ1) is 7.68. The maximum absolute atomic E-state index is 12.2. The van der Waals surface area contributed by atoms with Crippen LogP contribution in [-0.4, -0.2) is 31.2 Å². The minimum atomic E-state index is -4.40. The van der Waals surface area contributed by atoms with E-state index >= 15 is 0 Å². The Labute approximate surface area is 101 Å². The van der Waals surface area contributed by atoms with E-state index in [1.807, 2.05) is 0 Å². The lowest BCUT2D eigenvalue weighted by Gasteiger charge is -2.06. The van der Waals surface area contributed by atoms with Crippen molar-refractivity contribution in [2.45, 2.75) is 11.2 Å². The standard InChI is InChI=1S/C9H10F3NO2S2/c1-17(14,15)5-4-16-8-3-2-7(6-13-8)9(10,11)12/h2-3,6H,4-5H2,1H3. The molecule has 17 heavy (non-hydrogen) atoms. The molecule has 0 fully saturated rings. The second-order valence-electron chi connectivity index (χ2n) is 3.36. The molecular weight excluding hydrogens is 275 g/mol. The Morgan fingerprint density at radius 1 is 1.35 bits per heavy atom. The van der Waals surface area contributed by atoms with E-state index in [4.69, 9.17) is 0 Å². The third-order valence-electron chi connectivity index (χ3n) is 1.77. The molecule has 0 unspecified atom stereocenters. The van der Waals surface area contributed by atoms with Crippen LogP contribution in [0.3, 0.4) is 0 Å². The molecule has 0 bridgehead atoms. The van der Waals surface area contributed by atoms with Gasteiger partial charge in [0.25, 0.3) is 0 Å². The van der Waals surface area contributed by atoms with E-state index in [1.54, 1.807) is 0 Å². The van der Waals surface area contributed by atoms with Crippen molar-refractivity contribution in [3.8, 4) is 0 Å². The van der Waals surface area contributed by atoms with Crippen LogP contribution in [0.4, 0.5) is 13.2 Å². The summed E-state index contributed by atoms with van der Waals surface area (Å²) >= 11 is 1.11. The van der Waals surface area contributed by atoms with Crippen LogP contribution < -0.4 is 0 Å². The quantitative estimate of drug-likeness (QED) is 0.796. The van der Waals surface area contributed by atoms with Crippen LogP contribution in [0, 0.1) is 0 Å². The van der Waals surface area contributed by atoms with Crippen LogP contribution in [0.5, 0.6) is 0 Å². The van der Waals surface area contributed by atoms with Crippen LogP contribution in [-0.2, 0) is 16.0 Å². The molecule has 96 valence electrons. The van der Waals surface area contributed by atoms with Gasteiger partial charge in [0.05, 0.1) is 16.3 Å². The second kappa shape index (κ2) is 5.26. The molecule has 0 aromatic carbocycles. The summed E-state index contributed by atoms with van der Waals surface area (Å²) in [5.74, 6) is 0.248. The number of rotatable bonds is 4. The lowest BCUT2D eigenvalue weighted by atomic mass is 10.3. The van der Waals surface area contributed by atoms with Gasteiger partial charge in [0.15, 0.2) is 0 Å². The molecular formula is C9H10F3NO2S2. The second-order valence-corrected chi connectivity index (χ2v) is 6.74. The SMILES string of the molecule is CS(=O)(=O)CCSc1ccc(C(F)(F)F)cn1. The maximum atomic E-state index is 12.2. The molecule has 0 radical (unpaired) electrons. The van der Waals surface area contributed by atoms with Gasteiger partial charge >= 0.3 is 6.18 Å². The van der Waals surface area contributed by atoms with Crippen molar-refractivity contribution in [1.29, 1.82) is 0 Å². The topological polar surface area (TPSA) is 47.0 Å². The first-order valence-corrected chi connectivity index (χ1v) is 7.57. The summed E-state index contributed by atoms with van der Waals surface area (Å²) in [6.45, 7) is 0. The normalized spacial score (nSPS) is 12.7. The number of aromatic nitrogens is 1. The van der Waals surface area contributed by atoms with Gasteiger partial charge in [-0.25, -0.2) is 13.4 Å². The number of hydrogen-bond donors (Lipinski definition) is 0. The predicted octanol–water partition coefficient (Wildman–Crippen LogP) is 2.24. The number of sulfone groups is 1. The average molecular weight is 285 g/mol. The van der Waals surface area contributed by atoms with Crippen molar-refractivity contribution in [2.75, 3.05) is 17.8 Å². The van der Waals surface area contributed by atoms with E-state index in [9.17, 15) is 21.6 Å². The lowest BCUT2D eigenvalue weighted by molar-refractivity contribution is -0.137. The third kappa shape index (κ3) is 5.40. The number of halogens is 3. The summed E-state index contributed by atoms with van der Waals surface area (Å²) < 4.78 is 58.3. The molecule has 0 atom stereocenters. The highest BCUT2D eigenvalue weighted by atomic mass is 32.2. The van der Waals surface area contributed by atoms with Gasteiger partial charge in [-0.2, -0.15) is 13.2 Å². The van der Waals surface area contributed by atoms with E-state index in [0.717, 1.165) is 30.3 Å². The summed E-state index contributed by atoms with van der Waals surface area (Å²) in [4.78, 5) is 3.61. The van der Waals surface area contributed by atoms with Crippen molar-refractivity contribution >= 4 is 21.6 Å². The molecule has 1 rings (SSSR count). The molecule has 0 aliphatic heterocycles. The van der Waals surface area contributed by atoms with E-state index in [0.29, 0.717) is 5.03 Å². The van der Waals surface area contributed by atoms with Crippen LogP contribution in [0.2, 0.25) is 0 Å². The molecule has 1 heterocycles. The zero-order valence-corrected chi connectivity index (χ0v) is 10.5. The maximum Gasteiger partial charge on any atom is 0.417 e. The van der Waals surface area contributed by atoms with Gasteiger partial charge in [0, 0.05) is 18.2 Å². The van der Waals surface area contributed by atoms with Gasteiger partial charge in [-0.1, -0.05) is 0 Å². The van der Waals surface area contributed by atoms with E-state index in [-0.39, 0.29) is 11.5 Å². The number of nitrogens with zero attached hydrogens (tertiary/aromatic N) is 1. The summed E-state index contributed by atoms with van der Waals surface area (Å²) in [5.41, 5.74) is -0.815. The largest absolute Gasteiger partial charge is 0.417 e. The van der Waals surface area contributed by atoms with Crippen LogP contribution in [0.15, 0.2) is 23.4 Å². The molecule has 0 amide bonds. The van der Waals surface area contributed by atoms with E-state index in [1.165, 1.54) is 6.07 Å². The molecule has 0 N–H and O–H groups in total. The Kier molecular flexibility index (Phi) is 4.42. The van der Waals surface area contributed by atoms with Gasteiger partial charge in [-0.3, -0.25) is 0 Å². The summed E-state index contributed by atoms with van der Waals surface area (Å²) in [7, 11) is -3.05. The van der Waals surface area contributed by atoms with Crippen molar-refractivity contribution in [1.82, 2.24) is 4.98 Å². The van der Waals surface area contributed by atoms with Gasteiger partial charge in [0.2, 0.25) is 0 Å². The Bertz CT molecular complexity index is 468. The fourth-order valence-electron chi connectivity index (χ4n) is 0.931. The minimum absolute atomic E-state index is 0.0274. The molecule has 0 aliphatic carbocycles. The van der Waals surface area contributed by atoms with Gasteiger partial charge in [-0.15, -0.1) is 11.8 Å². The number of thioether (sulfide) groups is 1. The first-order valence-electron chi connectivity index (χ1n) is 4.52. The zero-order chi connectivity index (χ0) is 13.1. The Morgan fingerprint density at radius 3 is 2.41 bits per heavy atom. The Balaban J connectivity index is 2.58. The van der Waals surface area contributed by atoms with Gasteiger partial charge in [-0.05, 0) is 12.1 Å². The highest BCUT2D eigenvalue weighted by molar-refractivity contribution is 8.00. The monoisotopic (exact) mass is 285 g/mol. The third-order valence-corrected chi connectivity index (χ3v) is 3.92. The molecule has 0 saturated heterocycles. The van der Waals surface area contributed by atoms with Crippen molar-refractivity contribution in [3.05, 3.63) is 23.9 Å². The lowest BCUT2D eigenvalue weighted by Crippen LogP contribution is -2.06. The highest BCUT2D eigenvalue weighted by Gasteiger charge is 2.30. The molecule has 3 nitrogen and oxygen atoms in total. The fourth-order valence-corrected chi connectivity index (χ4v) is 2.98. The average Bonchev–Trinajstić information content (AvgIpc) is 2.15. The summed E-state index contributed by atoms with van der Waals surface area (Å²) in [6.07, 6.45) is -2.56. The van der Waals surface area contributed by atoms with Crippen LogP contribution in [0.25, 0.3) is 0 Å². The fraction of sp³-hybridized carbons (Fsp3) is 0.444. The first kappa shape index (κ1) is 14.3. The molecule has 1 aromatic rings. The Hall–Kier alpha value is -0.760. The van der Waals surface area contributed by atoms with Gasteiger partial charge in [0.1, 0.15) is 9.84 Å². The molecule has 0 aliphatic rings. The highest BCUT2D eigenvalue weighted by Crippen LogP contribution is 2.29. The molecule has 1 aromatic heterocycles. The zero-order valence-electron chi connectivity index (χ0n) is 8.86. The van der Waals surface area contributed by atoms with Crippen molar-refractivity contribution < 1.29 is 21.6 Å². The molecule has 8 heteroatoms. The van der Waals surface area contributed by atoms with E-state index < -0.39 is 21.6 Å². The van der Waals surface area contributed by atoms with Gasteiger partial charge < -0.3 is 0 Å². The predicted molar refractivity (Wildman–Crippen MR) is 59.7 cm³/mol. The summed E-state index contributed by atoms with van der Waals surface area (Å²) in [5, 5.41) is 0.377. The van der Waals surface area contributed by atoms with Crippen LogP contribution >= 0.6 is 11.8 Å². The molecule has 0 spiro atoms. The Morgan fingerprint density at radius 2 is 2.00 bits per heavy atom. The number of hydrogen-bond acceptors (Lipinski definition) is 4. The number of alkyl halides is 3. The van der Waals surface area contributed by atoms with Crippen LogP contribution in [0.1, 0.15) is 5.56 Å². The van der Waals surface area contributed by atoms with Crippen molar-refractivity contribution in [2.24, 2.45) is 0 Å². The number of pyridine rings is 1. The smallest absolute Gasteiger partial charge is 0.249 e. The summed E-state index contributed by atoms with van der Waals surface area (Å²) in [6, 6.07) is 2.16. The van der Waals surface area contributed by atoms with Crippen molar-refractivity contribution in [3.63, 3.8) is 0 Å².